The molecule has 0 amide bonds. The zero-order valence-corrected chi connectivity index (χ0v) is 10.5. The van der Waals surface area contributed by atoms with Crippen molar-refractivity contribution in [2.24, 2.45) is 0 Å². The van der Waals surface area contributed by atoms with Crippen LogP contribution in [0.15, 0.2) is 24.3 Å². The lowest BCUT2D eigenvalue weighted by Crippen LogP contribution is -1.91. The molecule has 0 aromatic heterocycles. The Morgan fingerprint density at radius 2 is 1.78 bits per heavy atom. The highest BCUT2D eigenvalue weighted by Crippen LogP contribution is 2.37. The third-order valence-corrected chi connectivity index (χ3v) is 1.94. The van der Waals surface area contributed by atoms with E-state index in [0.717, 1.165) is 30.7 Å². The minimum absolute atomic E-state index is 0.121. The predicted molar refractivity (Wildman–Crippen MR) is 63.1 cm³/mol. The average Bonchev–Trinajstić information content (AvgIpc) is 2.28. The van der Waals surface area contributed by atoms with E-state index in [1.165, 1.54) is 0 Å². The van der Waals surface area contributed by atoms with Crippen LogP contribution in [0, 0.1) is 10.1 Å². The lowest BCUT2D eigenvalue weighted by atomic mass is 10.3. The number of benzene rings is 1. The van der Waals surface area contributed by atoms with Crippen LogP contribution in [0.25, 0.3) is 0 Å². The number of phosphoric acid groups is 1. The summed E-state index contributed by atoms with van der Waals surface area (Å²) in [5, 5.41) is 18.1. The number of nitro benzene ring substituents is 1. The number of rotatable bonds is 4. The molecule has 0 bridgehead atoms. The molecule has 0 aliphatic rings. The Hall–Kier alpha value is -1.47. The Balaban J connectivity index is 0.000000631. The SMILES string of the molecule is CCCO.O=[N+]([O-])c1ccc(OP(=O)(O)O)cc1. The van der Waals surface area contributed by atoms with E-state index < -0.39 is 12.7 Å². The summed E-state index contributed by atoms with van der Waals surface area (Å²) in [6.45, 7) is 2.25. The summed E-state index contributed by atoms with van der Waals surface area (Å²) in [6.07, 6.45) is 0.875. The monoisotopic (exact) mass is 279 g/mol. The minimum Gasteiger partial charge on any atom is -0.404 e. The number of aliphatic hydroxyl groups excluding tert-OH is 1. The molecule has 9 heteroatoms. The lowest BCUT2D eigenvalue weighted by Gasteiger charge is -2.05. The first-order valence-electron chi connectivity index (χ1n) is 4.90. The standard InChI is InChI=1S/C6H6NO6P.C3H8O/c8-7(9)5-1-3-6(4-2-5)13-14(10,11)12;1-2-3-4/h1-4H,(H2,10,11,12);4H,2-3H2,1H3. The van der Waals surface area contributed by atoms with Crippen LogP contribution in [0.3, 0.4) is 0 Å². The molecule has 0 fully saturated rings. The molecular weight excluding hydrogens is 265 g/mol. The number of hydrogen-bond acceptors (Lipinski definition) is 5. The van der Waals surface area contributed by atoms with E-state index in [-0.39, 0.29) is 11.4 Å². The Labute approximate surface area is 103 Å². The van der Waals surface area contributed by atoms with Crippen LogP contribution in [0.2, 0.25) is 0 Å². The summed E-state index contributed by atoms with van der Waals surface area (Å²) in [5.74, 6) is -0.121. The van der Waals surface area contributed by atoms with Gasteiger partial charge >= 0.3 is 7.82 Å². The molecule has 18 heavy (non-hydrogen) atoms. The molecule has 0 aliphatic carbocycles. The van der Waals surface area contributed by atoms with E-state index in [0.29, 0.717) is 6.61 Å². The van der Waals surface area contributed by atoms with Crippen molar-refractivity contribution in [3.8, 4) is 5.75 Å². The Kier molecular flexibility index (Phi) is 7.14. The summed E-state index contributed by atoms with van der Waals surface area (Å²) in [6, 6.07) is 4.39. The van der Waals surface area contributed by atoms with Crippen LogP contribution in [0.1, 0.15) is 13.3 Å². The van der Waals surface area contributed by atoms with Gasteiger partial charge in [-0.1, -0.05) is 6.92 Å². The van der Waals surface area contributed by atoms with Crippen LogP contribution in [0.4, 0.5) is 5.69 Å². The molecule has 0 heterocycles. The first-order chi connectivity index (χ1) is 8.30. The molecule has 0 saturated carbocycles. The van der Waals surface area contributed by atoms with Crippen molar-refractivity contribution in [2.75, 3.05) is 6.61 Å². The average molecular weight is 279 g/mol. The highest BCUT2D eigenvalue weighted by Gasteiger charge is 2.16. The molecule has 0 saturated heterocycles. The molecule has 102 valence electrons. The summed E-state index contributed by atoms with van der Waals surface area (Å²) < 4.78 is 14.5. The van der Waals surface area contributed by atoms with Crippen LogP contribution in [0.5, 0.6) is 5.75 Å². The third kappa shape index (κ3) is 7.75. The first-order valence-corrected chi connectivity index (χ1v) is 6.43. The maximum atomic E-state index is 10.4. The van der Waals surface area contributed by atoms with E-state index >= 15 is 0 Å². The summed E-state index contributed by atoms with van der Waals surface area (Å²) >= 11 is 0. The molecule has 1 aromatic carbocycles. The van der Waals surface area contributed by atoms with E-state index in [1.807, 2.05) is 6.92 Å². The summed E-state index contributed by atoms with van der Waals surface area (Å²) in [5.41, 5.74) is -0.178. The van der Waals surface area contributed by atoms with Gasteiger partial charge in [0.05, 0.1) is 4.92 Å². The molecular formula is C9H14NO7P. The fourth-order valence-corrected chi connectivity index (χ4v) is 1.16. The first kappa shape index (κ1) is 16.5. The van der Waals surface area contributed by atoms with Crippen LogP contribution >= 0.6 is 7.82 Å². The number of nitro groups is 1. The van der Waals surface area contributed by atoms with Gasteiger partial charge in [-0.05, 0) is 18.6 Å². The van der Waals surface area contributed by atoms with Crippen molar-refractivity contribution in [3.05, 3.63) is 34.4 Å². The zero-order valence-electron chi connectivity index (χ0n) is 9.59. The van der Waals surface area contributed by atoms with E-state index in [9.17, 15) is 14.7 Å². The summed E-state index contributed by atoms with van der Waals surface area (Å²) in [4.78, 5) is 26.4. The topological polar surface area (TPSA) is 130 Å². The molecule has 0 spiro atoms. The maximum absolute atomic E-state index is 10.4. The summed E-state index contributed by atoms with van der Waals surface area (Å²) in [7, 11) is -4.60. The van der Waals surface area contributed by atoms with Crippen molar-refractivity contribution in [3.63, 3.8) is 0 Å². The second-order valence-electron chi connectivity index (χ2n) is 3.06. The van der Waals surface area contributed by atoms with Gasteiger partial charge in [0, 0.05) is 18.7 Å². The van der Waals surface area contributed by atoms with E-state index in [2.05, 4.69) is 4.52 Å². The van der Waals surface area contributed by atoms with Gasteiger partial charge in [-0.2, -0.15) is 0 Å². The van der Waals surface area contributed by atoms with Gasteiger partial charge in [-0.25, -0.2) is 4.57 Å². The number of hydrogen-bond donors (Lipinski definition) is 3. The normalized spacial score (nSPS) is 10.2. The van der Waals surface area contributed by atoms with Gasteiger partial charge in [0.25, 0.3) is 5.69 Å². The van der Waals surface area contributed by atoms with Gasteiger partial charge in [0.2, 0.25) is 0 Å². The molecule has 0 aliphatic heterocycles. The van der Waals surface area contributed by atoms with Crippen LogP contribution in [-0.2, 0) is 4.57 Å². The molecule has 0 unspecified atom stereocenters. The maximum Gasteiger partial charge on any atom is 0.524 e. The largest absolute Gasteiger partial charge is 0.524 e. The van der Waals surface area contributed by atoms with E-state index in [1.54, 1.807) is 0 Å². The number of aliphatic hydroxyl groups is 1. The van der Waals surface area contributed by atoms with Crippen molar-refractivity contribution >= 4 is 13.5 Å². The Morgan fingerprint density at radius 3 is 2.06 bits per heavy atom. The second-order valence-corrected chi connectivity index (χ2v) is 4.22. The fraction of sp³-hybridized carbons (Fsp3) is 0.333. The molecule has 3 N–H and O–H groups in total. The number of phosphoric ester groups is 1. The minimum atomic E-state index is -4.60. The van der Waals surface area contributed by atoms with Crippen LogP contribution in [-0.4, -0.2) is 26.4 Å². The number of nitrogens with zero attached hydrogens (tertiary/aromatic N) is 1. The van der Waals surface area contributed by atoms with Gasteiger partial charge in [-0.3, -0.25) is 19.9 Å². The Bertz CT molecular complexity index is 411. The van der Waals surface area contributed by atoms with Crippen molar-refractivity contribution in [1.29, 1.82) is 0 Å². The van der Waals surface area contributed by atoms with Gasteiger partial charge < -0.3 is 9.63 Å². The van der Waals surface area contributed by atoms with Gasteiger partial charge in [0.15, 0.2) is 0 Å². The fourth-order valence-electron chi connectivity index (χ4n) is 0.766. The lowest BCUT2D eigenvalue weighted by molar-refractivity contribution is -0.384. The van der Waals surface area contributed by atoms with Crippen molar-refractivity contribution in [1.82, 2.24) is 0 Å². The quantitative estimate of drug-likeness (QED) is 0.432. The molecule has 0 radical (unpaired) electrons. The predicted octanol–water partition coefficient (Wildman–Crippen LogP) is 1.45. The highest BCUT2D eigenvalue weighted by molar-refractivity contribution is 7.46. The molecule has 1 aromatic rings. The molecule has 8 nitrogen and oxygen atoms in total. The Morgan fingerprint density at radius 1 is 1.33 bits per heavy atom. The smallest absolute Gasteiger partial charge is 0.404 e. The van der Waals surface area contributed by atoms with E-state index in [4.69, 9.17) is 14.9 Å². The van der Waals surface area contributed by atoms with Crippen LogP contribution < -0.4 is 4.52 Å². The molecule has 1 rings (SSSR count). The van der Waals surface area contributed by atoms with Gasteiger partial charge in [0.1, 0.15) is 5.75 Å². The number of non-ortho nitro benzene ring substituents is 1. The zero-order chi connectivity index (χ0) is 14.2. The highest BCUT2D eigenvalue weighted by atomic mass is 31.2. The third-order valence-electron chi connectivity index (χ3n) is 1.50. The molecule has 0 atom stereocenters. The van der Waals surface area contributed by atoms with Crippen molar-refractivity contribution < 1.29 is 28.9 Å². The van der Waals surface area contributed by atoms with Gasteiger partial charge in [-0.15, -0.1) is 0 Å². The second kappa shape index (κ2) is 7.78. The van der Waals surface area contributed by atoms with Crippen molar-refractivity contribution in [2.45, 2.75) is 13.3 Å².